The summed E-state index contributed by atoms with van der Waals surface area (Å²) in [6.07, 6.45) is 20.3. The van der Waals surface area contributed by atoms with E-state index in [1.807, 2.05) is 11.6 Å². The number of nitrogens with one attached hydrogen (secondary N) is 2. The first kappa shape index (κ1) is 40.9. The van der Waals surface area contributed by atoms with Gasteiger partial charge in [0.15, 0.2) is 5.75 Å². The molecule has 0 aliphatic heterocycles. The Hall–Kier alpha value is -2.13. The molecule has 10 heteroatoms. The lowest BCUT2D eigenvalue weighted by atomic mass is 9.92. The lowest BCUT2D eigenvalue weighted by Gasteiger charge is -2.18. The quantitative estimate of drug-likeness (QED) is 0.0438. The van der Waals surface area contributed by atoms with Crippen LogP contribution in [0.4, 0.5) is 4.79 Å². The molecule has 2 amide bonds. The summed E-state index contributed by atoms with van der Waals surface area (Å²) in [6.45, 7) is 8.03. The average molecular weight is 671 g/mol. The van der Waals surface area contributed by atoms with Gasteiger partial charge in [-0.15, -0.1) is 0 Å². The van der Waals surface area contributed by atoms with Crippen molar-refractivity contribution in [1.82, 2.24) is 10.0 Å². The van der Waals surface area contributed by atoms with Gasteiger partial charge in [0.2, 0.25) is 0 Å². The number of rotatable bonds is 26. The molecule has 0 aromatic heterocycles. The number of urea groups is 1. The standard InChI is InChI=1S/C35H59ClN2O6S/c1-5-8-10-12-14-16-18-20-22-24-31(39)29(23-21-19-17-15-13-11-9-6-2)34(40)44-33-28(4)32(26-25-30(33)36)45(42,43)38-35(41)37-27-7-3/h25-26,29H,5-24,27H2,1-4H3,(H2,37,38,41). The molecule has 0 aliphatic rings. The number of carbonyl (C=O) groups is 3. The Kier molecular flexibility index (Phi) is 21.9. The fourth-order valence-corrected chi connectivity index (χ4v) is 6.77. The predicted molar refractivity (Wildman–Crippen MR) is 183 cm³/mol. The maximum atomic E-state index is 13.5. The minimum Gasteiger partial charge on any atom is -0.424 e. The summed E-state index contributed by atoms with van der Waals surface area (Å²) < 4.78 is 33.6. The number of carbonyl (C=O) groups excluding carboxylic acids is 3. The Balaban J connectivity index is 2.92. The third kappa shape index (κ3) is 16.8. The normalized spacial score (nSPS) is 12.1. The van der Waals surface area contributed by atoms with Crippen molar-refractivity contribution in [1.29, 1.82) is 0 Å². The number of ether oxygens (including phenoxy) is 1. The van der Waals surface area contributed by atoms with E-state index in [4.69, 9.17) is 16.3 Å². The maximum Gasteiger partial charge on any atom is 0.328 e. The first-order valence-electron chi connectivity index (χ1n) is 17.4. The summed E-state index contributed by atoms with van der Waals surface area (Å²) in [6, 6.07) is 1.72. The molecular formula is C35H59ClN2O6S. The van der Waals surface area contributed by atoms with Gasteiger partial charge < -0.3 is 10.1 Å². The zero-order valence-electron chi connectivity index (χ0n) is 28.3. The molecule has 1 unspecified atom stereocenters. The molecule has 1 atom stereocenters. The molecule has 0 saturated carbocycles. The second kappa shape index (κ2) is 24.1. The third-order valence-corrected chi connectivity index (χ3v) is 9.88. The van der Waals surface area contributed by atoms with Gasteiger partial charge in [-0.25, -0.2) is 17.9 Å². The minimum atomic E-state index is -4.27. The Morgan fingerprint density at radius 2 is 1.27 bits per heavy atom. The number of Topliss-reactive ketones (excluding diaryl/α,β-unsaturated/α-hetero) is 1. The van der Waals surface area contributed by atoms with Gasteiger partial charge in [-0.1, -0.05) is 135 Å². The van der Waals surface area contributed by atoms with Gasteiger partial charge in [-0.3, -0.25) is 9.59 Å². The molecule has 0 spiro atoms. The number of benzene rings is 1. The van der Waals surface area contributed by atoms with Crippen molar-refractivity contribution in [3.8, 4) is 5.75 Å². The van der Waals surface area contributed by atoms with Crippen molar-refractivity contribution < 1.29 is 27.5 Å². The van der Waals surface area contributed by atoms with E-state index >= 15 is 0 Å². The molecule has 1 rings (SSSR count). The first-order valence-corrected chi connectivity index (χ1v) is 19.3. The Morgan fingerprint density at radius 1 is 0.756 bits per heavy atom. The summed E-state index contributed by atoms with van der Waals surface area (Å²) in [5.41, 5.74) is 0.0869. The second-order valence-electron chi connectivity index (χ2n) is 12.1. The number of hydrogen-bond acceptors (Lipinski definition) is 6. The van der Waals surface area contributed by atoms with Crippen molar-refractivity contribution in [2.24, 2.45) is 5.92 Å². The molecule has 45 heavy (non-hydrogen) atoms. The van der Waals surface area contributed by atoms with Gasteiger partial charge >= 0.3 is 12.0 Å². The third-order valence-electron chi connectivity index (χ3n) is 8.11. The molecule has 0 heterocycles. The van der Waals surface area contributed by atoms with Crippen molar-refractivity contribution >= 4 is 39.4 Å². The fraction of sp³-hybridized carbons (Fsp3) is 0.743. The van der Waals surface area contributed by atoms with Crippen molar-refractivity contribution in [2.75, 3.05) is 6.54 Å². The summed E-state index contributed by atoms with van der Waals surface area (Å²) in [7, 11) is -4.27. The first-order chi connectivity index (χ1) is 21.6. The molecule has 0 aliphatic carbocycles. The van der Waals surface area contributed by atoms with Crippen LogP contribution in [0.2, 0.25) is 5.02 Å². The van der Waals surface area contributed by atoms with E-state index in [2.05, 4.69) is 19.2 Å². The van der Waals surface area contributed by atoms with E-state index in [0.29, 0.717) is 25.8 Å². The van der Waals surface area contributed by atoms with Crippen LogP contribution in [-0.2, 0) is 19.6 Å². The van der Waals surface area contributed by atoms with E-state index in [1.165, 1.54) is 76.8 Å². The SMILES string of the molecule is CCCCCCCCCCCC(=O)C(CCCCCCCCCC)C(=O)Oc1c(Cl)ccc(S(=O)(=O)NC(=O)NCCC)c1C. The molecule has 1 aromatic rings. The highest BCUT2D eigenvalue weighted by atomic mass is 35.5. The van der Waals surface area contributed by atoms with Crippen LogP contribution in [0.3, 0.4) is 0 Å². The number of ketones is 1. The highest BCUT2D eigenvalue weighted by Gasteiger charge is 2.30. The summed E-state index contributed by atoms with van der Waals surface area (Å²) in [5, 5.41) is 2.51. The summed E-state index contributed by atoms with van der Waals surface area (Å²) in [4.78, 5) is 38.6. The minimum absolute atomic E-state index is 0.0486. The molecule has 0 radical (unpaired) electrons. The zero-order valence-corrected chi connectivity index (χ0v) is 29.9. The van der Waals surface area contributed by atoms with Crippen molar-refractivity contribution in [3.63, 3.8) is 0 Å². The van der Waals surface area contributed by atoms with E-state index in [1.54, 1.807) is 0 Å². The molecule has 258 valence electrons. The number of halogens is 1. The second-order valence-corrected chi connectivity index (χ2v) is 14.2. The van der Waals surface area contributed by atoms with Crippen LogP contribution >= 0.6 is 11.6 Å². The number of esters is 1. The van der Waals surface area contributed by atoms with Crippen LogP contribution in [0.15, 0.2) is 17.0 Å². The lowest BCUT2D eigenvalue weighted by molar-refractivity contribution is -0.144. The molecule has 0 fully saturated rings. The van der Waals surface area contributed by atoms with Crippen LogP contribution in [0, 0.1) is 12.8 Å². The number of sulfonamides is 1. The smallest absolute Gasteiger partial charge is 0.328 e. The molecular weight excluding hydrogens is 612 g/mol. The largest absolute Gasteiger partial charge is 0.424 e. The van der Waals surface area contributed by atoms with Crippen LogP contribution in [0.5, 0.6) is 5.75 Å². The van der Waals surface area contributed by atoms with Gasteiger partial charge in [-0.2, -0.15) is 0 Å². The molecule has 0 bridgehead atoms. The van der Waals surface area contributed by atoms with E-state index < -0.39 is 27.9 Å². The monoisotopic (exact) mass is 670 g/mol. The Labute approximate surface area is 278 Å². The van der Waals surface area contributed by atoms with Crippen molar-refractivity contribution in [3.05, 3.63) is 22.7 Å². The maximum absolute atomic E-state index is 13.5. The van der Waals surface area contributed by atoms with E-state index in [9.17, 15) is 22.8 Å². The zero-order chi connectivity index (χ0) is 33.5. The average Bonchev–Trinajstić information content (AvgIpc) is 2.99. The molecule has 0 saturated heterocycles. The van der Waals surface area contributed by atoms with Gasteiger partial charge in [0.25, 0.3) is 10.0 Å². The van der Waals surface area contributed by atoms with Gasteiger partial charge in [0.1, 0.15) is 11.7 Å². The number of hydrogen-bond donors (Lipinski definition) is 2. The molecule has 8 nitrogen and oxygen atoms in total. The Morgan fingerprint density at radius 3 is 1.80 bits per heavy atom. The summed E-state index contributed by atoms with van der Waals surface area (Å²) in [5.74, 6) is -1.91. The van der Waals surface area contributed by atoms with Gasteiger partial charge in [0.05, 0.1) is 9.92 Å². The van der Waals surface area contributed by atoms with Crippen LogP contribution < -0.4 is 14.8 Å². The van der Waals surface area contributed by atoms with Gasteiger partial charge in [-0.05, 0) is 38.3 Å². The highest BCUT2D eigenvalue weighted by Crippen LogP contribution is 2.34. The Bertz CT molecular complexity index is 1130. The molecule has 1 aromatic carbocycles. The van der Waals surface area contributed by atoms with Crippen LogP contribution in [0.25, 0.3) is 0 Å². The number of unbranched alkanes of at least 4 members (excludes halogenated alkanes) is 15. The van der Waals surface area contributed by atoms with E-state index in [0.717, 1.165) is 51.4 Å². The topological polar surface area (TPSA) is 119 Å². The fourth-order valence-electron chi connectivity index (χ4n) is 5.36. The predicted octanol–water partition coefficient (Wildman–Crippen LogP) is 9.59. The van der Waals surface area contributed by atoms with Gasteiger partial charge in [0, 0.05) is 18.5 Å². The van der Waals surface area contributed by atoms with Crippen molar-refractivity contribution in [2.45, 2.75) is 161 Å². The number of amides is 2. The van der Waals surface area contributed by atoms with Crippen LogP contribution in [0.1, 0.15) is 155 Å². The molecule has 2 N–H and O–H groups in total. The lowest BCUT2D eigenvalue weighted by Crippen LogP contribution is -2.39. The van der Waals surface area contributed by atoms with E-state index in [-0.39, 0.29) is 27.0 Å². The summed E-state index contributed by atoms with van der Waals surface area (Å²) >= 11 is 6.37. The van der Waals surface area contributed by atoms with Crippen LogP contribution in [-0.4, -0.2) is 32.7 Å². The highest BCUT2D eigenvalue weighted by molar-refractivity contribution is 7.90.